The molecule has 0 spiro atoms. The molecule has 0 fully saturated rings. The van der Waals surface area contributed by atoms with E-state index in [9.17, 15) is 9.59 Å². The zero-order valence-electron chi connectivity index (χ0n) is 14.5. The molecule has 0 unspecified atom stereocenters. The quantitative estimate of drug-likeness (QED) is 0.728. The Balaban J connectivity index is 1.87. The van der Waals surface area contributed by atoms with Crippen molar-refractivity contribution in [3.63, 3.8) is 0 Å². The summed E-state index contributed by atoms with van der Waals surface area (Å²) in [6, 6.07) is 14.2. The van der Waals surface area contributed by atoms with E-state index in [1.165, 1.54) is 0 Å². The fraction of sp³-hybridized carbons (Fsp3) is 0.200. The molecule has 0 saturated heterocycles. The van der Waals surface area contributed by atoms with Crippen LogP contribution in [0.1, 0.15) is 18.1 Å². The van der Waals surface area contributed by atoms with Crippen LogP contribution in [0.2, 0.25) is 0 Å². The van der Waals surface area contributed by atoms with Crippen molar-refractivity contribution >= 4 is 29.0 Å². The SMILES string of the molecule is CCOc1ccc(C2=C(Cl)C(=O)N(Cc3ccccc3OC)C2=O)cc1. The fourth-order valence-electron chi connectivity index (χ4n) is 2.83. The average molecular weight is 372 g/mol. The van der Waals surface area contributed by atoms with E-state index in [-0.39, 0.29) is 17.2 Å². The molecule has 0 N–H and O–H groups in total. The van der Waals surface area contributed by atoms with Crippen LogP contribution >= 0.6 is 11.6 Å². The standard InChI is InChI=1S/C20H18ClNO4/c1-3-26-15-10-8-13(9-11-15)17-18(21)20(24)22(19(17)23)12-14-6-4-5-7-16(14)25-2/h4-11H,3,12H2,1-2H3. The van der Waals surface area contributed by atoms with Crippen LogP contribution in [0.15, 0.2) is 53.6 Å². The van der Waals surface area contributed by atoms with Crippen LogP contribution in [0.25, 0.3) is 5.57 Å². The molecule has 0 aliphatic carbocycles. The molecule has 5 nitrogen and oxygen atoms in total. The molecule has 1 aliphatic heterocycles. The zero-order valence-corrected chi connectivity index (χ0v) is 15.2. The van der Waals surface area contributed by atoms with Gasteiger partial charge in [-0.3, -0.25) is 14.5 Å². The second kappa shape index (κ2) is 7.62. The number of imide groups is 1. The van der Waals surface area contributed by atoms with E-state index in [0.717, 1.165) is 10.5 Å². The Kier molecular flexibility index (Phi) is 5.28. The summed E-state index contributed by atoms with van der Waals surface area (Å²) in [5.41, 5.74) is 1.52. The summed E-state index contributed by atoms with van der Waals surface area (Å²) in [7, 11) is 1.54. The van der Waals surface area contributed by atoms with Gasteiger partial charge < -0.3 is 9.47 Å². The predicted molar refractivity (Wildman–Crippen MR) is 98.9 cm³/mol. The lowest BCUT2D eigenvalue weighted by Crippen LogP contribution is -2.30. The summed E-state index contributed by atoms with van der Waals surface area (Å²) in [5.74, 6) is 0.371. The van der Waals surface area contributed by atoms with Crippen molar-refractivity contribution in [3.05, 3.63) is 64.7 Å². The number of methoxy groups -OCH3 is 1. The van der Waals surface area contributed by atoms with Crippen LogP contribution in [0.5, 0.6) is 11.5 Å². The van der Waals surface area contributed by atoms with Gasteiger partial charge in [0.1, 0.15) is 16.5 Å². The summed E-state index contributed by atoms with van der Waals surface area (Å²) in [6.45, 7) is 2.54. The molecule has 6 heteroatoms. The lowest BCUT2D eigenvalue weighted by Gasteiger charge is -2.17. The maximum atomic E-state index is 12.8. The first-order chi connectivity index (χ1) is 12.6. The third-order valence-electron chi connectivity index (χ3n) is 4.09. The van der Waals surface area contributed by atoms with Crippen molar-refractivity contribution in [3.8, 4) is 11.5 Å². The fourth-order valence-corrected chi connectivity index (χ4v) is 3.12. The highest BCUT2D eigenvalue weighted by Crippen LogP contribution is 2.34. The molecule has 0 radical (unpaired) electrons. The molecular formula is C20H18ClNO4. The highest BCUT2D eigenvalue weighted by atomic mass is 35.5. The van der Waals surface area contributed by atoms with Crippen molar-refractivity contribution in [1.82, 2.24) is 4.90 Å². The molecule has 134 valence electrons. The van der Waals surface area contributed by atoms with E-state index in [4.69, 9.17) is 21.1 Å². The number of carbonyl (C=O) groups excluding carboxylic acids is 2. The summed E-state index contributed by atoms with van der Waals surface area (Å²) in [5, 5.41) is -0.0749. The molecule has 1 aliphatic rings. The molecule has 0 aromatic heterocycles. The van der Waals surface area contributed by atoms with Gasteiger partial charge in [0.2, 0.25) is 0 Å². The highest BCUT2D eigenvalue weighted by Gasteiger charge is 2.38. The molecule has 2 amide bonds. The van der Waals surface area contributed by atoms with Crippen LogP contribution in [0.3, 0.4) is 0 Å². The Morgan fingerprint density at radius 3 is 2.35 bits per heavy atom. The number of nitrogens with zero attached hydrogens (tertiary/aromatic N) is 1. The number of benzene rings is 2. The predicted octanol–water partition coefficient (Wildman–Crippen LogP) is 3.61. The van der Waals surface area contributed by atoms with Gasteiger partial charge in [0.25, 0.3) is 11.8 Å². The summed E-state index contributed by atoms with van der Waals surface area (Å²) in [4.78, 5) is 26.5. The number of rotatable bonds is 6. The van der Waals surface area contributed by atoms with Gasteiger partial charge in [-0.05, 0) is 30.7 Å². The molecule has 0 saturated carbocycles. The lowest BCUT2D eigenvalue weighted by atomic mass is 10.1. The van der Waals surface area contributed by atoms with Gasteiger partial charge in [-0.1, -0.05) is 41.9 Å². The Morgan fingerprint density at radius 1 is 1.00 bits per heavy atom. The van der Waals surface area contributed by atoms with Gasteiger partial charge in [0.15, 0.2) is 0 Å². The number of halogens is 1. The van der Waals surface area contributed by atoms with Gasteiger partial charge in [0, 0.05) is 5.56 Å². The smallest absolute Gasteiger partial charge is 0.273 e. The first-order valence-corrected chi connectivity index (χ1v) is 8.55. The molecule has 2 aromatic rings. The summed E-state index contributed by atoms with van der Waals surface area (Å²) >= 11 is 6.20. The van der Waals surface area contributed by atoms with Crippen LogP contribution in [0, 0.1) is 0 Å². The topological polar surface area (TPSA) is 55.8 Å². The number of hydrogen-bond donors (Lipinski definition) is 0. The first kappa shape index (κ1) is 18.0. The molecular weight excluding hydrogens is 354 g/mol. The zero-order chi connectivity index (χ0) is 18.7. The van der Waals surface area contributed by atoms with E-state index in [2.05, 4.69) is 0 Å². The average Bonchev–Trinajstić information content (AvgIpc) is 2.87. The maximum Gasteiger partial charge on any atom is 0.273 e. The van der Waals surface area contributed by atoms with Crippen molar-refractivity contribution < 1.29 is 19.1 Å². The molecule has 0 bridgehead atoms. The van der Waals surface area contributed by atoms with Crippen molar-refractivity contribution in [2.24, 2.45) is 0 Å². The molecule has 26 heavy (non-hydrogen) atoms. The number of carbonyl (C=O) groups is 2. The van der Waals surface area contributed by atoms with Crippen LogP contribution in [0.4, 0.5) is 0 Å². The molecule has 1 heterocycles. The van der Waals surface area contributed by atoms with E-state index >= 15 is 0 Å². The minimum absolute atomic E-state index is 0.0749. The van der Waals surface area contributed by atoms with Crippen molar-refractivity contribution in [1.29, 1.82) is 0 Å². The third kappa shape index (κ3) is 3.30. The summed E-state index contributed by atoms with van der Waals surface area (Å²) < 4.78 is 10.7. The number of hydrogen-bond acceptors (Lipinski definition) is 4. The largest absolute Gasteiger partial charge is 0.496 e. The number of amides is 2. The van der Waals surface area contributed by atoms with E-state index in [0.29, 0.717) is 23.7 Å². The first-order valence-electron chi connectivity index (χ1n) is 8.18. The summed E-state index contributed by atoms with van der Waals surface area (Å²) in [6.07, 6.45) is 0. The molecule has 3 rings (SSSR count). The second-order valence-electron chi connectivity index (χ2n) is 5.65. The monoisotopic (exact) mass is 371 g/mol. The van der Waals surface area contributed by atoms with Gasteiger partial charge in [-0.15, -0.1) is 0 Å². The van der Waals surface area contributed by atoms with E-state index in [1.807, 2.05) is 25.1 Å². The van der Waals surface area contributed by atoms with E-state index in [1.54, 1.807) is 37.4 Å². The Labute approximate surface area is 156 Å². The normalized spacial score (nSPS) is 14.2. The van der Waals surface area contributed by atoms with Crippen LogP contribution in [-0.2, 0) is 16.1 Å². The Bertz CT molecular complexity index is 874. The van der Waals surface area contributed by atoms with Crippen molar-refractivity contribution in [2.75, 3.05) is 13.7 Å². The second-order valence-corrected chi connectivity index (χ2v) is 6.03. The minimum Gasteiger partial charge on any atom is -0.496 e. The van der Waals surface area contributed by atoms with Gasteiger partial charge in [0.05, 0.1) is 25.8 Å². The number of para-hydroxylation sites is 1. The third-order valence-corrected chi connectivity index (χ3v) is 4.44. The highest BCUT2D eigenvalue weighted by molar-refractivity contribution is 6.55. The Morgan fingerprint density at radius 2 is 1.69 bits per heavy atom. The van der Waals surface area contributed by atoms with Gasteiger partial charge >= 0.3 is 0 Å². The maximum absolute atomic E-state index is 12.8. The number of ether oxygens (including phenoxy) is 2. The van der Waals surface area contributed by atoms with E-state index < -0.39 is 11.8 Å². The van der Waals surface area contributed by atoms with Gasteiger partial charge in [-0.2, -0.15) is 0 Å². The van der Waals surface area contributed by atoms with Crippen LogP contribution < -0.4 is 9.47 Å². The molecule has 0 atom stereocenters. The minimum atomic E-state index is -0.508. The van der Waals surface area contributed by atoms with Crippen LogP contribution in [-0.4, -0.2) is 30.4 Å². The van der Waals surface area contributed by atoms with Gasteiger partial charge in [-0.25, -0.2) is 0 Å². The molecule has 2 aromatic carbocycles. The van der Waals surface area contributed by atoms with Crippen molar-refractivity contribution in [2.45, 2.75) is 13.5 Å². The Hall–Kier alpha value is -2.79. The lowest BCUT2D eigenvalue weighted by molar-refractivity contribution is -0.137.